The number of benzene rings is 2. The number of fused-ring (bicyclic) bond motifs is 1. The third-order valence-corrected chi connectivity index (χ3v) is 6.67. The van der Waals surface area contributed by atoms with Crippen LogP contribution in [0.3, 0.4) is 0 Å². The molecule has 36 heavy (non-hydrogen) atoms. The Kier molecular flexibility index (Phi) is 8.51. The predicted octanol–water partition coefficient (Wildman–Crippen LogP) is 3.85. The molecule has 8 heteroatoms. The number of pyridine rings is 1. The summed E-state index contributed by atoms with van der Waals surface area (Å²) in [4.78, 5) is 31.6. The zero-order valence-corrected chi connectivity index (χ0v) is 20.9. The lowest BCUT2D eigenvalue weighted by Gasteiger charge is -2.19. The summed E-state index contributed by atoms with van der Waals surface area (Å²) in [7, 11) is 0. The van der Waals surface area contributed by atoms with Crippen molar-refractivity contribution in [2.45, 2.75) is 45.8 Å². The lowest BCUT2D eigenvalue weighted by atomic mass is 9.99. The first-order valence-electron chi connectivity index (χ1n) is 12.5. The first kappa shape index (κ1) is 25.6. The Balaban J connectivity index is 1.38. The van der Waals surface area contributed by atoms with Crippen LogP contribution in [0.25, 0.3) is 10.9 Å². The number of hydroxylamine groups is 1. The molecule has 0 saturated carbocycles. The van der Waals surface area contributed by atoms with E-state index < -0.39 is 5.91 Å². The molecule has 4 rings (SSSR count). The van der Waals surface area contributed by atoms with Gasteiger partial charge in [0, 0.05) is 53.7 Å². The van der Waals surface area contributed by atoms with Gasteiger partial charge in [0.25, 0.3) is 5.91 Å². The minimum atomic E-state index is -0.435. The largest absolute Gasteiger partial charge is 0.489 e. The van der Waals surface area contributed by atoms with Gasteiger partial charge in [0.05, 0.1) is 5.52 Å². The van der Waals surface area contributed by atoms with Crippen LogP contribution in [0.1, 0.15) is 47.8 Å². The first-order valence-corrected chi connectivity index (χ1v) is 12.5. The molecule has 3 aromatic rings. The smallest absolute Gasteiger partial charge is 0.251 e. The Labute approximate surface area is 211 Å². The van der Waals surface area contributed by atoms with Gasteiger partial charge in [-0.1, -0.05) is 31.5 Å². The minimum absolute atomic E-state index is 0.0563. The molecule has 2 aromatic carbocycles. The van der Waals surface area contributed by atoms with Crippen molar-refractivity contribution in [3.05, 3.63) is 71.4 Å². The van der Waals surface area contributed by atoms with Crippen molar-refractivity contribution in [2.75, 3.05) is 19.6 Å². The highest BCUT2D eigenvalue weighted by Crippen LogP contribution is 2.23. The number of ether oxygens (including phenoxy) is 1. The number of nitrogens with zero attached hydrogens (tertiary/aromatic N) is 2. The summed E-state index contributed by atoms with van der Waals surface area (Å²) in [6.45, 7) is 6.85. The molecule has 0 bridgehead atoms. The standard InChI is InChI=1S/C28H34N4O4/c1-3-4-13-32-16-21(15-27(33)31-35)26(17-32)30-28(34)20-9-11-23(12-10-20)36-18-22-14-19(2)29-25-8-6-5-7-24(22)25/h5-12,14,21,26,35H,3-4,13,15-18H2,1-2H3,(H,30,34)(H,31,33)/t21-,26+/m0/s1. The topological polar surface area (TPSA) is 104 Å². The molecule has 190 valence electrons. The number of hydrogen-bond donors (Lipinski definition) is 3. The van der Waals surface area contributed by atoms with Gasteiger partial charge in [0.1, 0.15) is 12.4 Å². The third-order valence-electron chi connectivity index (χ3n) is 6.67. The first-order chi connectivity index (χ1) is 17.5. The fourth-order valence-electron chi connectivity index (χ4n) is 4.81. The Morgan fingerprint density at radius 1 is 1.14 bits per heavy atom. The number of para-hydroxylation sites is 1. The van der Waals surface area contributed by atoms with E-state index in [4.69, 9.17) is 9.94 Å². The van der Waals surface area contributed by atoms with E-state index in [0.29, 0.717) is 31.0 Å². The van der Waals surface area contributed by atoms with Crippen molar-refractivity contribution < 1.29 is 19.5 Å². The summed E-state index contributed by atoms with van der Waals surface area (Å²) in [5.41, 5.74) is 5.19. The molecule has 3 N–H and O–H groups in total. The molecule has 2 heterocycles. The van der Waals surface area contributed by atoms with E-state index in [-0.39, 0.29) is 24.3 Å². The van der Waals surface area contributed by atoms with E-state index in [1.165, 1.54) is 0 Å². The molecule has 0 radical (unpaired) electrons. The number of carbonyl (C=O) groups is 2. The van der Waals surface area contributed by atoms with Crippen molar-refractivity contribution in [1.29, 1.82) is 0 Å². The van der Waals surface area contributed by atoms with E-state index >= 15 is 0 Å². The van der Waals surface area contributed by atoms with E-state index in [1.54, 1.807) is 29.7 Å². The van der Waals surface area contributed by atoms with Crippen LogP contribution in [0.4, 0.5) is 0 Å². The van der Waals surface area contributed by atoms with Crippen molar-refractivity contribution in [3.8, 4) is 5.75 Å². The Hall–Kier alpha value is -3.49. The summed E-state index contributed by atoms with van der Waals surface area (Å²) >= 11 is 0. The normalized spacial score (nSPS) is 17.8. The number of unbranched alkanes of at least 4 members (excludes halogenated alkanes) is 1. The second-order valence-electron chi connectivity index (χ2n) is 9.45. The maximum absolute atomic E-state index is 13.0. The summed E-state index contributed by atoms with van der Waals surface area (Å²) in [6, 6.07) is 17.0. The molecular formula is C28H34N4O4. The van der Waals surface area contributed by atoms with Gasteiger partial charge in [-0.05, 0) is 56.3 Å². The highest BCUT2D eigenvalue weighted by Gasteiger charge is 2.34. The molecule has 1 saturated heterocycles. The maximum atomic E-state index is 13.0. The van der Waals surface area contributed by atoms with Gasteiger partial charge in [-0.15, -0.1) is 0 Å². The number of likely N-dealkylation sites (tertiary alicyclic amines) is 1. The fourth-order valence-corrected chi connectivity index (χ4v) is 4.81. The van der Waals surface area contributed by atoms with Crippen molar-refractivity contribution in [1.82, 2.24) is 20.7 Å². The number of hydrogen-bond acceptors (Lipinski definition) is 6. The molecule has 8 nitrogen and oxygen atoms in total. The van der Waals surface area contributed by atoms with Crippen LogP contribution in [0.2, 0.25) is 0 Å². The van der Waals surface area contributed by atoms with Crippen molar-refractivity contribution in [3.63, 3.8) is 0 Å². The summed E-state index contributed by atoms with van der Waals surface area (Å²) in [5.74, 6) is -0.00212. The fraction of sp³-hybridized carbons (Fsp3) is 0.393. The highest BCUT2D eigenvalue weighted by atomic mass is 16.5. The predicted molar refractivity (Wildman–Crippen MR) is 138 cm³/mol. The van der Waals surface area contributed by atoms with Crippen LogP contribution in [0.5, 0.6) is 5.75 Å². The number of carbonyl (C=O) groups excluding carboxylic acids is 2. The summed E-state index contributed by atoms with van der Waals surface area (Å²) < 4.78 is 6.01. The Morgan fingerprint density at radius 3 is 2.67 bits per heavy atom. The molecule has 1 fully saturated rings. The van der Waals surface area contributed by atoms with E-state index in [2.05, 4.69) is 22.1 Å². The number of nitrogens with one attached hydrogen (secondary N) is 2. The number of aromatic nitrogens is 1. The molecule has 2 amide bonds. The van der Waals surface area contributed by atoms with Crippen LogP contribution < -0.4 is 15.5 Å². The van der Waals surface area contributed by atoms with Crippen LogP contribution in [-0.2, 0) is 11.4 Å². The van der Waals surface area contributed by atoms with Crippen LogP contribution in [0, 0.1) is 12.8 Å². The van der Waals surface area contributed by atoms with Crippen LogP contribution in [0.15, 0.2) is 54.6 Å². The van der Waals surface area contributed by atoms with E-state index in [1.807, 2.05) is 37.3 Å². The molecule has 0 aliphatic carbocycles. The lowest BCUT2D eigenvalue weighted by molar-refractivity contribution is -0.130. The van der Waals surface area contributed by atoms with E-state index in [0.717, 1.165) is 41.5 Å². The highest BCUT2D eigenvalue weighted by molar-refractivity contribution is 5.94. The average molecular weight is 491 g/mol. The number of amides is 2. The maximum Gasteiger partial charge on any atom is 0.251 e. The molecular weight excluding hydrogens is 456 g/mol. The summed E-state index contributed by atoms with van der Waals surface area (Å²) in [6.07, 6.45) is 2.32. The molecule has 1 aromatic heterocycles. The van der Waals surface area contributed by atoms with Gasteiger partial charge in [-0.3, -0.25) is 19.8 Å². The summed E-state index contributed by atoms with van der Waals surface area (Å²) in [5, 5.41) is 13.1. The van der Waals surface area contributed by atoms with Gasteiger partial charge >= 0.3 is 0 Å². The van der Waals surface area contributed by atoms with Crippen molar-refractivity contribution >= 4 is 22.7 Å². The Morgan fingerprint density at radius 2 is 1.92 bits per heavy atom. The number of aryl methyl sites for hydroxylation is 1. The SMILES string of the molecule is CCCCN1C[C@H](CC(=O)NO)[C@H](NC(=O)c2ccc(OCc3cc(C)nc4ccccc34)cc2)C1. The molecule has 1 aliphatic rings. The zero-order valence-electron chi connectivity index (χ0n) is 20.9. The molecule has 0 unspecified atom stereocenters. The van der Waals surface area contributed by atoms with Gasteiger partial charge in [-0.2, -0.15) is 0 Å². The Bertz CT molecular complexity index is 1200. The lowest BCUT2D eigenvalue weighted by Crippen LogP contribution is -2.41. The zero-order chi connectivity index (χ0) is 25.5. The van der Waals surface area contributed by atoms with Gasteiger partial charge in [-0.25, -0.2) is 5.48 Å². The second kappa shape index (κ2) is 12.0. The molecule has 1 aliphatic heterocycles. The van der Waals surface area contributed by atoms with Crippen molar-refractivity contribution in [2.24, 2.45) is 5.92 Å². The van der Waals surface area contributed by atoms with Gasteiger partial charge < -0.3 is 15.0 Å². The molecule has 0 spiro atoms. The third kappa shape index (κ3) is 6.38. The van der Waals surface area contributed by atoms with Crippen LogP contribution >= 0.6 is 0 Å². The van der Waals surface area contributed by atoms with Gasteiger partial charge in [0.15, 0.2) is 0 Å². The van der Waals surface area contributed by atoms with E-state index in [9.17, 15) is 9.59 Å². The molecule has 2 atom stereocenters. The average Bonchev–Trinajstić information content (AvgIpc) is 3.26. The van der Waals surface area contributed by atoms with Crippen LogP contribution in [-0.4, -0.2) is 52.6 Å². The monoisotopic (exact) mass is 490 g/mol. The quantitative estimate of drug-likeness (QED) is 0.295. The van der Waals surface area contributed by atoms with Gasteiger partial charge in [0.2, 0.25) is 5.91 Å². The number of rotatable bonds is 10. The second-order valence-corrected chi connectivity index (χ2v) is 9.45. The minimum Gasteiger partial charge on any atom is -0.489 e.